The molecule has 0 radical (unpaired) electrons. The van der Waals surface area contributed by atoms with E-state index >= 15 is 0 Å². The third-order valence-corrected chi connectivity index (χ3v) is 6.49. The van der Waals surface area contributed by atoms with E-state index in [1.807, 2.05) is 32.2 Å². The van der Waals surface area contributed by atoms with Crippen LogP contribution in [0.2, 0.25) is 0 Å². The lowest BCUT2D eigenvalue weighted by Crippen LogP contribution is -2.11. The number of para-hydroxylation sites is 1. The fourth-order valence-corrected chi connectivity index (χ4v) is 4.80. The Bertz CT molecular complexity index is 1160. The van der Waals surface area contributed by atoms with E-state index in [4.69, 9.17) is 0 Å². The van der Waals surface area contributed by atoms with Crippen LogP contribution in [0, 0.1) is 20.8 Å². The Balaban J connectivity index is 1.63. The Kier molecular flexibility index (Phi) is 4.42. The highest BCUT2D eigenvalue weighted by Crippen LogP contribution is 2.28. The van der Waals surface area contributed by atoms with E-state index in [2.05, 4.69) is 38.6 Å². The van der Waals surface area contributed by atoms with Crippen molar-refractivity contribution in [3.8, 4) is 5.69 Å². The van der Waals surface area contributed by atoms with Crippen molar-refractivity contribution in [3.63, 3.8) is 0 Å². The van der Waals surface area contributed by atoms with Crippen molar-refractivity contribution in [2.24, 2.45) is 0 Å². The van der Waals surface area contributed by atoms with Crippen LogP contribution in [-0.4, -0.2) is 19.5 Å². The summed E-state index contributed by atoms with van der Waals surface area (Å²) in [6.07, 6.45) is 3.75. The second-order valence-corrected chi connectivity index (χ2v) is 8.28. The summed E-state index contributed by atoms with van der Waals surface area (Å²) in [6, 6.07) is 8.20. The summed E-state index contributed by atoms with van der Waals surface area (Å²) in [6.45, 7) is 6.07. The molecule has 0 atom stereocenters. The number of imidazole rings is 1. The molecule has 4 rings (SSSR count). The number of thiophene rings is 1. The van der Waals surface area contributed by atoms with Crippen molar-refractivity contribution in [1.82, 2.24) is 19.5 Å². The summed E-state index contributed by atoms with van der Waals surface area (Å²) in [7, 11) is 0. The van der Waals surface area contributed by atoms with Gasteiger partial charge >= 0.3 is 0 Å². The van der Waals surface area contributed by atoms with Crippen LogP contribution in [0.25, 0.3) is 15.9 Å². The summed E-state index contributed by atoms with van der Waals surface area (Å²) in [4.78, 5) is 26.4. The Morgan fingerprint density at radius 3 is 2.85 bits per heavy atom. The van der Waals surface area contributed by atoms with Gasteiger partial charge in [0.05, 0.1) is 16.8 Å². The van der Waals surface area contributed by atoms with Crippen LogP contribution in [0.15, 0.2) is 46.6 Å². The predicted molar refractivity (Wildman–Crippen MR) is 108 cm³/mol. The predicted octanol–water partition coefficient (Wildman–Crippen LogP) is 4.39. The minimum atomic E-state index is -0.0605. The van der Waals surface area contributed by atoms with Gasteiger partial charge in [0.2, 0.25) is 0 Å². The molecule has 4 aromatic rings. The number of hydrogen-bond donors (Lipinski definition) is 1. The molecule has 3 heterocycles. The molecule has 0 aliphatic heterocycles. The van der Waals surface area contributed by atoms with E-state index < -0.39 is 0 Å². The van der Waals surface area contributed by atoms with Crippen LogP contribution < -0.4 is 5.56 Å². The Morgan fingerprint density at radius 2 is 2.04 bits per heavy atom. The van der Waals surface area contributed by atoms with Gasteiger partial charge in [-0.2, -0.15) is 0 Å². The topological polar surface area (TPSA) is 63.6 Å². The summed E-state index contributed by atoms with van der Waals surface area (Å²) in [5, 5.41) is 1.59. The zero-order chi connectivity index (χ0) is 18.3. The van der Waals surface area contributed by atoms with Gasteiger partial charge in [-0.25, -0.2) is 9.97 Å². The first-order valence-corrected chi connectivity index (χ1v) is 10.1. The number of H-pyrrole nitrogens is 1. The van der Waals surface area contributed by atoms with Crippen molar-refractivity contribution in [1.29, 1.82) is 0 Å². The van der Waals surface area contributed by atoms with E-state index in [-0.39, 0.29) is 5.56 Å². The van der Waals surface area contributed by atoms with Gasteiger partial charge in [0, 0.05) is 17.3 Å². The van der Waals surface area contributed by atoms with Gasteiger partial charge in [-0.15, -0.1) is 11.3 Å². The number of benzene rings is 1. The molecule has 5 nitrogen and oxygen atoms in total. The molecule has 0 amide bonds. The van der Waals surface area contributed by atoms with E-state index in [0.29, 0.717) is 17.0 Å². The molecule has 0 unspecified atom stereocenters. The number of nitrogens with one attached hydrogen (secondary N) is 1. The van der Waals surface area contributed by atoms with Gasteiger partial charge < -0.3 is 4.98 Å². The highest BCUT2D eigenvalue weighted by molar-refractivity contribution is 7.98. The van der Waals surface area contributed by atoms with Gasteiger partial charge in [0.15, 0.2) is 5.16 Å². The lowest BCUT2D eigenvalue weighted by Gasteiger charge is -2.10. The summed E-state index contributed by atoms with van der Waals surface area (Å²) < 4.78 is 2.07. The average Bonchev–Trinajstić information content (AvgIpc) is 3.18. The first kappa shape index (κ1) is 17.1. The number of nitrogens with zero attached hydrogens (tertiary/aromatic N) is 3. The maximum Gasteiger partial charge on any atom is 0.259 e. The highest BCUT2D eigenvalue weighted by atomic mass is 32.2. The monoisotopic (exact) mass is 382 g/mol. The minimum absolute atomic E-state index is 0.0605. The third kappa shape index (κ3) is 2.97. The van der Waals surface area contributed by atoms with Gasteiger partial charge in [0.25, 0.3) is 5.56 Å². The average molecular weight is 383 g/mol. The molecule has 0 saturated heterocycles. The molecule has 0 aliphatic rings. The van der Waals surface area contributed by atoms with E-state index in [9.17, 15) is 4.79 Å². The van der Waals surface area contributed by atoms with Crippen molar-refractivity contribution in [3.05, 3.63) is 68.8 Å². The van der Waals surface area contributed by atoms with Crippen LogP contribution in [-0.2, 0) is 5.75 Å². The van der Waals surface area contributed by atoms with Crippen LogP contribution in [0.3, 0.4) is 0 Å². The lowest BCUT2D eigenvalue weighted by atomic mass is 10.2. The lowest BCUT2D eigenvalue weighted by molar-refractivity contribution is 0.885. The van der Waals surface area contributed by atoms with E-state index in [1.165, 1.54) is 5.56 Å². The summed E-state index contributed by atoms with van der Waals surface area (Å²) >= 11 is 3.13. The second-order valence-electron chi connectivity index (χ2n) is 6.13. The molecule has 0 fully saturated rings. The number of aryl methyl sites for hydroxylation is 3. The SMILES string of the molecule is Cc1ccccc1-n1ccnc1SCc1nc2sc(C)c(C)c2c(=O)[nH]1. The second kappa shape index (κ2) is 6.74. The summed E-state index contributed by atoms with van der Waals surface area (Å²) in [5.41, 5.74) is 3.25. The number of hydrogen-bond acceptors (Lipinski definition) is 5. The standard InChI is InChI=1S/C19H18N4OS2/c1-11-6-4-5-7-14(11)23-9-8-20-19(23)25-10-15-21-17(24)16-12(2)13(3)26-18(16)22-15/h4-9H,10H2,1-3H3,(H,21,22,24). The smallest absolute Gasteiger partial charge is 0.259 e. The number of aromatic nitrogens is 4. The molecule has 1 N–H and O–H groups in total. The van der Waals surface area contributed by atoms with Crippen LogP contribution >= 0.6 is 23.1 Å². The number of rotatable bonds is 4. The normalized spacial score (nSPS) is 11.3. The molecule has 0 aliphatic carbocycles. The van der Waals surface area contributed by atoms with Gasteiger partial charge in [0.1, 0.15) is 10.7 Å². The van der Waals surface area contributed by atoms with Gasteiger partial charge in [-0.1, -0.05) is 30.0 Å². The molecule has 3 aromatic heterocycles. The third-order valence-electron chi connectivity index (χ3n) is 4.41. The Hall–Kier alpha value is -2.38. The molecular weight excluding hydrogens is 364 g/mol. The number of aromatic amines is 1. The number of thioether (sulfide) groups is 1. The Morgan fingerprint density at radius 1 is 1.23 bits per heavy atom. The minimum Gasteiger partial charge on any atom is -0.309 e. The van der Waals surface area contributed by atoms with Crippen LogP contribution in [0.4, 0.5) is 0 Å². The van der Waals surface area contributed by atoms with Crippen molar-refractivity contribution >= 4 is 33.3 Å². The van der Waals surface area contributed by atoms with E-state index in [1.54, 1.807) is 29.3 Å². The molecule has 7 heteroatoms. The van der Waals surface area contributed by atoms with E-state index in [0.717, 1.165) is 26.1 Å². The first-order valence-electron chi connectivity index (χ1n) is 8.25. The first-order chi connectivity index (χ1) is 12.5. The molecule has 1 aromatic carbocycles. The molecule has 132 valence electrons. The van der Waals surface area contributed by atoms with Crippen molar-refractivity contribution < 1.29 is 0 Å². The molecule has 26 heavy (non-hydrogen) atoms. The maximum absolute atomic E-state index is 12.4. The van der Waals surface area contributed by atoms with Crippen molar-refractivity contribution in [2.45, 2.75) is 31.7 Å². The quantitative estimate of drug-likeness (QED) is 0.532. The molecule has 0 bridgehead atoms. The van der Waals surface area contributed by atoms with Crippen LogP contribution in [0.5, 0.6) is 0 Å². The van der Waals surface area contributed by atoms with Crippen molar-refractivity contribution in [2.75, 3.05) is 0 Å². The molecular formula is C19H18N4OS2. The zero-order valence-corrected chi connectivity index (χ0v) is 16.4. The van der Waals surface area contributed by atoms with Crippen LogP contribution in [0.1, 0.15) is 21.8 Å². The fraction of sp³-hybridized carbons (Fsp3) is 0.211. The maximum atomic E-state index is 12.4. The molecule has 0 saturated carbocycles. The largest absolute Gasteiger partial charge is 0.309 e. The fourth-order valence-electron chi connectivity index (χ4n) is 2.91. The summed E-state index contributed by atoms with van der Waals surface area (Å²) in [5.74, 6) is 1.23. The zero-order valence-electron chi connectivity index (χ0n) is 14.7. The molecule has 0 spiro atoms. The highest BCUT2D eigenvalue weighted by Gasteiger charge is 2.13. The number of fused-ring (bicyclic) bond motifs is 1. The van der Waals surface area contributed by atoms with Gasteiger partial charge in [-0.3, -0.25) is 9.36 Å². The Labute approximate surface area is 159 Å². The van der Waals surface area contributed by atoms with Gasteiger partial charge in [-0.05, 0) is 38.0 Å².